The number of carbonyl (C=O) groups is 2. The Bertz CT molecular complexity index is 1810. The van der Waals surface area contributed by atoms with Crippen molar-refractivity contribution in [3.8, 4) is 22.4 Å². The van der Waals surface area contributed by atoms with E-state index in [0.29, 0.717) is 50.4 Å². The van der Waals surface area contributed by atoms with Crippen LogP contribution in [0.4, 0.5) is 18.9 Å². The summed E-state index contributed by atoms with van der Waals surface area (Å²) in [6.45, 7) is 3.95. The minimum Gasteiger partial charge on any atom is -0.365 e. The second kappa shape index (κ2) is 10.2. The largest absolute Gasteiger partial charge is 0.433 e. The first-order valence-corrected chi connectivity index (χ1v) is 13.2. The quantitative estimate of drug-likeness (QED) is 0.201. The van der Waals surface area contributed by atoms with Crippen molar-refractivity contribution in [1.82, 2.24) is 25.0 Å². The number of nitrogens with zero attached hydrogens (tertiary/aromatic N) is 4. The SMILES string of the molecule is CCn1cc(-c2cc(C(F)(F)F)nc3sc(C(N)=O)c(NC(=O)c4cc(-c5ccc(Cl)cc5Cl)n[nH]4)c23)c(C)n1. The number of thiophene rings is 1. The molecule has 5 rings (SSSR count). The number of nitrogens with two attached hydrogens (primary N) is 1. The van der Waals surface area contributed by atoms with E-state index < -0.39 is 23.7 Å². The third kappa shape index (κ3) is 5.03. The Morgan fingerprint density at radius 3 is 2.52 bits per heavy atom. The first kappa shape index (κ1) is 27.6. The van der Waals surface area contributed by atoms with E-state index in [1.54, 1.807) is 29.9 Å². The summed E-state index contributed by atoms with van der Waals surface area (Å²) in [4.78, 5) is 29.1. The number of carbonyl (C=O) groups excluding carboxylic acids is 2. The monoisotopic (exact) mass is 607 g/mol. The van der Waals surface area contributed by atoms with Gasteiger partial charge in [-0.1, -0.05) is 23.2 Å². The molecule has 2 amide bonds. The van der Waals surface area contributed by atoms with Gasteiger partial charge < -0.3 is 11.1 Å². The number of primary amides is 1. The highest BCUT2D eigenvalue weighted by Crippen LogP contribution is 2.44. The van der Waals surface area contributed by atoms with E-state index in [-0.39, 0.29) is 32.0 Å². The number of amides is 2. The topological polar surface area (TPSA) is 132 Å². The number of benzene rings is 1. The number of halogens is 5. The summed E-state index contributed by atoms with van der Waals surface area (Å²) < 4.78 is 43.0. The molecule has 0 fully saturated rings. The number of anilines is 1. The lowest BCUT2D eigenvalue weighted by atomic mass is 10.0. The summed E-state index contributed by atoms with van der Waals surface area (Å²) >= 11 is 12.9. The van der Waals surface area contributed by atoms with Crippen molar-refractivity contribution in [3.63, 3.8) is 0 Å². The summed E-state index contributed by atoms with van der Waals surface area (Å²) in [5, 5.41) is 14.5. The number of fused-ring (bicyclic) bond motifs is 1. The Labute approximate surface area is 238 Å². The zero-order chi connectivity index (χ0) is 28.9. The van der Waals surface area contributed by atoms with Crippen molar-refractivity contribution in [3.05, 3.63) is 68.5 Å². The molecule has 1 aromatic carbocycles. The van der Waals surface area contributed by atoms with E-state index >= 15 is 0 Å². The molecule has 9 nitrogen and oxygen atoms in total. The van der Waals surface area contributed by atoms with E-state index in [1.807, 2.05) is 6.92 Å². The number of hydrogen-bond acceptors (Lipinski definition) is 6. The van der Waals surface area contributed by atoms with E-state index in [9.17, 15) is 22.8 Å². The fourth-order valence-corrected chi connectivity index (χ4v) is 5.66. The molecule has 0 atom stereocenters. The van der Waals surface area contributed by atoms with Gasteiger partial charge in [0.25, 0.3) is 11.8 Å². The van der Waals surface area contributed by atoms with Crippen molar-refractivity contribution in [1.29, 1.82) is 0 Å². The number of rotatable bonds is 6. The van der Waals surface area contributed by atoms with E-state index in [0.717, 1.165) is 6.07 Å². The summed E-state index contributed by atoms with van der Waals surface area (Å²) in [7, 11) is 0. The van der Waals surface area contributed by atoms with Crippen molar-refractivity contribution in [2.45, 2.75) is 26.6 Å². The molecule has 0 aliphatic carbocycles. The van der Waals surface area contributed by atoms with Gasteiger partial charge >= 0.3 is 6.18 Å². The van der Waals surface area contributed by atoms with Crippen LogP contribution in [0.1, 0.15) is 38.5 Å². The molecule has 0 saturated carbocycles. The molecule has 15 heteroatoms. The van der Waals surface area contributed by atoms with Gasteiger partial charge in [-0.05, 0) is 49.7 Å². The average molecular weight is 608 g/mol. The first-order chi connectivity index (χ1) is 18.9. The van der Waals surface area contributed by atoms with Gasteiger partial charge in [-0.2, -0.15) is 23.4 Å². The van der Waals surface area contributed by atoms with Crippen LogP contribution in [0, 0.1) is 6.92 Å². The highest BCUT2D eigenvalue weighted by Gasteiger charge is 2.35. The van der Waals surface area contributed by atoms with Gasteiger partial charge in [0.1, 0.15) is 21.1 Å². The second-order valence-corrected chi connectivity index (χ2v) is 10.5. The zero-order valence-corrected chi connectivity index (χ0v) is 23.0. The normalized spacial score (nSPS) is 11.8. The average Bonchev–Trinajstić information content (AvgIpc) is 3.60. The summed E-state index contributed by atoms with van der Waals surface area (Å²) in [6.07, 6.45) is -3.18. The molecule has 40 heavy (non-hydrogen) atoms. The zero-order valence-electron chi connectivity index (χ0n) is 20.7. The molecule has 0 spiro atoms. The molecule has 0 radical (unpaired) electrons. The number of aromatic amines is 1. The van der Waals surface area contributed by atoms with Crippen LogP contribution >= 0.6 is 34.5 Å². The Kier molecular flexibility index (Phi) is 7.06. The lowest BCUT2D eigenvalue weighted by molar-refractivity contribution is -0.140. The number of nitrogens with one attached hydrogen (secondary N) is 2. The molecular formula is C25H18Cl2F3N7O2S. The number of hydrogen-bond donors (Lipinski definition) is 3. The van der Waals surface area contributed by atoms with Crippen LogP contribution < -0.4 is 11.1 Å². The number of aromatic nitrogens is 5. The molecule has 4 N–H and O–H groups in total. The van der Waals surface area contributed by atoms with Crippen molar-refractivity contribution in [2.75, 3.05) is 5.32 Å². The smallest absolute Gasteiger partial charge is 0.365 e. The predicted molar refractivity (Wildman–Crippen MR) is 147 cm³/mol. The van der Waals surface area contributed by atoms with Crippen LogP contribution in [0.25, 0.3) is 32.6 Å². The maximum atomic E-state index is 13.8. The van der Waals surface area contributed by atoms with Crippen LogP contribution in [0.15, 0.2) is 36.5 Å². The van der Waals surface area contributed by atoms with Crippen LogP contribution in [-0.2, 0) is 12.7 Å². The molecule has 4 aromatic heterocycles. The standard InChI is InChI=1S/C25H18Cl2F3N7O2S/c1-3-37-9-14(10(2)36-37)13-7-18(25(28,29)30)32-24-19(13)20(21(40-24)22(31)38)33-23(39)17-8-16(34-35-17)12-5-4-11(26)6-15(12)27/h4-9H,3H2,1-2H3,(H2,31,38)(H,33,39)(H,34,35). The van der Waals surface area contributed by atoms with Crippen molar-refractivity contribution < 1.29 is 22.8 Å². The van der Waals surface area contributed by atoms with Gasteiger partial charge in [0.15, 0.2) is 0 Å². The number of pyridine rings is 1. The molecule has 4 heterocycles. The Balaban J connectivity index is 1.65. The van der Waals surface area contributed by atoms with Crippen LogP contribution in [0.5, 0.6) is 0 Å². The van der Waals surface area contributed by atoms with Gasteiger partial charge in [0.2, 0.25) is 0 Å². The molecule has 5 aromatic rings. The number of alkyl halides is 3. The second-order valence-electron chi connectivity index (χ2n) is 8.63. The summed E-state index contributed by atoms with van der Waals surface area (Å²) in [6, 6.07) is 7.07. The molecule has 0 aliphatic rings. The highest BCUT2D eigenvalue weighted by atomic mass is 35.5. The Morgan fingerprint density at radius 2 is 1.90 bits per heavy atom. The molecule has 0 unspecified atom stereocenters. The minimum absolute atomic E-state index is 0.00723. The minimum atomic E-state index is -4.77. The fourth-order valence-electron chi connectivity index (χ4n) is 4.15. The summed E-state index contributed by atoms with van der Waals surface area (Å²) in [5.41, 5.74) is 6.11. The van der Waals surface area contributed by atoms with Crippen LogP contribution in [0.2, 0.25) is 10.0 Å². The third-order valence-corrected chi connectivity index (χ3v) is 7.65. The van der Waals surface area contributed by atoms with E-state index in [1.165, 1.54) is 12.1 Å². The van der Waals surface area contributed by atoms with Crippen molar-refractivity contribution in [2.24, 2.45) is 5.73 Å². The third-order valence-electron chi connectivity index (χ3n) is 6.00. The van der Waals surface area contributed by atoms with Gasteiger partial charge in [-0.15, -0.1) is 11.3 Å². The van der Waals surface area contributed by atoms with Gasteiger partial charge in [-0.3, -0.25) is 19.4 Å². The van der Waals surface area contributed by atoms with E-state index in [4.69, 9.17) is 28.9 Å². The van der Waals surface area contributed by atoms with Crippen LogP contribution in [-0.4, -0.2) is 36.8 Å². The maximum Gasteiger partial charge on any atom is 0.433 e. The first-order valence-electron chi connectivity index (χ1n) is 11.6. The Hall–Kier alpha value is -3.94. The lowest BCUT2D eigenvalue weighted by Gasteiger charge is -2.11. The fraction of sp³-hybridized carbons (Fsp3) is 0.160. The lowest BCUT2D eigenvalue weighted by Crippen LogP contribution is -2.17. The number of aryl methyl sites for hydroxylation is 2. The molecular weight excluding hydrogens is 590 g/mol. The molecule has 206 valence electrons. The van der Waals surface area contributed by atoms with Gasteiger partial charge in [-0.25, -0.2) is 4.98 Å². The van der Waals surface area contributed by atoms with Gasteiger partial charge in [0.05, 0.1) is 22.1 Å². The Morgan fingerprint density at radius 1 is 1.15 bits per heavy atom. The highest BCUT2D eigenvalue weighted by molar-refractivity contribution is 7.21. The molecule has 0 bridgehead atoms. The van der Waals surface area contributed by atoms with Crippen LogP contribution in [0.3, 0.4) is 0 Å². The predicted octanol–water partition coefficient (Wildman–Crippen LogP) is 6.56. The van der Waals surface area contributed by atoms with Crippen molar-refractivity contribution >= 4 is 62.3 Å². The van der Waals surface area contributed by atoms with E-state index in [2.05, 4.69) is 25.6 Å². The summed E-state index contributed by atoms with van der Waals surface area (Å²) in [5.74, 6) is -1.67. The number of H-pyrrole nitrogens is 1. The maximum absolute atomic E-state index is 13.8. The molecule has 0 aliphatic heterocycles. The molecule has 0 saturated heterocycles. The van der Waals surface area contributed by atoms with Gasteiger partial charge in [0, 0.05) is 34.3 Å².